The molecule has 6 rings (SSSR count). The van der Waals surface area contributed by atoms with E-state index < -0.39 is 0 Å². The number of rotatable bonds is 7. The number of carbonyl (C=O) groups is 1. The number of anilines is 1. The molecule has 4 aromatic rings. The zero-order valence-corrected chi connectivity index (χ0v) is 20.5. The number of hydrogen-bond donors (Lipinski definition) is 3. The first-order chi connectivity index (χ1) is 17.6. The molecular weight excluding hydrogens is 458 g/mol. The number of pyridine rings is 1. The summed E-state index contributed by atoms with van der Waals surface area (Å²) in [6, 6.07) is 4.49. The van der Waals surface area contributed by atoms with E-state index in [1.807, 2.05) is 30.7 Å². The summed E-state index contributed by atoms with van der Waals surface area (Å²) < 4.78 is 12.5. The van der Waals surface area contributed by atoms with Crippen LogP contribution in [0.5, 0.6) is 0 Å². The van der Waals surface area contributed by atoms with E-state index in [1.54, 1.807) is 24.9 Å². The Morgan fingerprint density at radius 1 is 1.08 bits per heavy atom. The SMILES string of the molecule is CO[C@H]1CC[C@@H](NC(=O)c2cnn3ccc(-c4c[nH]c5nc(N[C@H]6C[C@@H](OC)C6)ncc45)cc23)CC1. The van der Waals surface area contributed by atoms with Crippen molar-refractivity contribution >= 4 is 28.4 Å². The fraction of sp³-hybridized carbons (Fsp3) is 0.462. The second-order valence-electron chi connectivity index (χ2n) is 9.81. The maximum Gasteiger partial charge on any atom is 0.255 e. The van der Waals surface area contributed by atoms with E-state index in [2.05, 4.69) is 30.7 Å². The van der Waals surface area contributed by atoms with Gasteiger partial charge in [0.15, 0.2) is 0 Å². The molecule has 3 N–H and O–H groups in total. The van der Waals surface area contributed by atoms with Crippen LogP contribution < -0.4 is 10.6 Å². The van der Waals surface area contributed by atoms with E-state index in [9.17, 15) is 4.79 Å². The Hall–Kier alpha value is -3.50. The molecule has 0 aromatic carbocycles. The Labute approximate surface area is 208 Å². The fourth-order valence-electron chi connectivity index (χ4n) is 5.30. The van der Waals surface area contributed by atoms with Gasteiger partial charge >= 0.3 is 0 Å². The first kappa shape index (κ1) is 22.9. The molecule has 4 aromatic heterocycles. The molecule has 36 heavy (non-hydrogen) atoms. The molecule has 2 saturated carbocycles. The van der Waals surface area contributed by atoms with Gasteiger partial charge in [-0.1, -0.05) is 0 Å². The number of aromatic amines is 1. The van der Waals surface area contributed by atoms with Crippen LogP contribution in [0.1, 0.15) is 48.9 Å². The monoisotopic (exact) mass is 489 g/mol. The third-order valence-corrected chi connectivity index (χ3v) is 7.61. The smallest absolute Gasteiger partial charge is 0.255 e. The number of nitrogens with zero attached hydrogens (tertiary/aromatic N) is 4. The van der Waals surface area contributed by atoms with Crippen molar-refractivity contribution in [2.45, 2.75) is 62.8 Å². The number of hydrogen-bond acceptors (Lipinski definition) is 7. The number of carbonyl (C=O) groups excluding carboxylic acids is 1. The molecule has 188 valence electrons. The number of H-pyrrole nitrogens is 1. The van der Waals surface area contributed by atoms with E-state index in [0.29, 0.717) is 29.8 Å². The third kappa shape index (κ3) is 4.31. The molecule has 0 saturated heterocycles. The molecule has 2 fully saturated rings. The lowest BCUT2D eigenvalue weighted by Crippen LogP contribution is -2.40. The standard InChI is InChI=1S/C26H31N7O3/c1-35-18-5-3-16(4-6-18)30-25(34)22-14-29-33-8-7-15(9-23(22)33)20-12-27-24-21(20)13-28-26(32-24)31-17-10-19(11-17)36-2/h7-9,12-14,16-19H,3-6,10-11H2,1-2H3,(H,30,34)(H2,27,28,31,32)/t16-,17-,18+,19+. The van der Waals surface area contributed by atoms with Gasteiger partial charge in [0.05, 0.1) is 29.5 Å². The van der Waals surface area contributed by atoms with Gasteiger partial charge in [0.25, 0.3) is 5.91 Å². The maximum absolute atomic E-state index is 13.1. The van der Waals surface area contributed by atoms with E-state index in [0.717, 1.165) is 66.2 Å². The normalized spacial score (nSPS) is 24.1. The Morgan fingerprint density at radius 2 is 1.89 bits per heavy atom. The van der Waals surface area contributed by atoms with Crippen LogP contribution in [0, 0.1) is 0 Å². The summed E-state index contributed by atoms with van der Waals surface area (Å²) in [6.45, 7) is 0. The van der Waals surface area contributed by atoms with Gasteiger partial charge < -0.3 is 25.1 Å². The van der Waals surface area contributed by atoms with Gasteiger partial charge in [-0.05, 0) is 56.2 Å². The quantitative estimate of drug-likeness (QED) is 0.363. The summed E-state index contributed by atoms with van der Waals surface area (Å²) in [4.78, 5) is 25.6. The minimum Gasteiger partial charge on any atom is -0.381 e. The van der Waals surface area contributed by atoms with E-state index >= 15 is 0 Å². The Kier molecular flexibility index (Phi) is 6.06. The van der Waals surface area contributed by atoms with Crippen LogP contribution in [0.2, 0.25) is 0 Å². The van der Waals surface area contributed by atoms with Crippen molar-refractivity contribution in [3.8, 4) is 11.1 Å². The molecule has 10 heteroatoms. The largest absolute Gasteiger partial charge is 0.381 e. The molecule has 2 aliphatic carbocycles. The highest BCUT2D eigenvalue weighted by atomic mass is 16.5. The molecule has 0 aliphatic heterocycles. The number of ether oxygens (including phenoxy) is 2. The van der Waals surface area contributed by atoms with Crippen LogP contribution in [0.3, 0.4) is 0 Å². The fourth-order valence-corrected chi connectivity index (χ4v) is 5.30. The maximum atomic E-state index is 13.1. The average Bonchev–Trinajstić information content (AvgIpc) is 3.50. The lowest BCUT2D eigenvalue weighted by Gasteiger charge is -2.34. The number of nitrogens with one attached hydrogen (secondary N) is 3. The number of amides is 1. The molecular formula is C26H31N7O3. The lowest BCUT2D eigenvalue weighted by molar-refractivity contribution is 0.0327. The molecule has 0 unspecified atom stereocenters. The molecule has 4 heterocycles. The summed E-state index contributed by atoms with van der Waals surface area (Å²) in [5.74, 6) is 0.521. The van der Waals surface area contributed by atoms with Gasteiger partial charge in [-0.25, -0.2) is 9.50 Å². The molecule has 0 bridgehead atoms. The first-order valence-electron chi connectivity index (χ1n) is 12.6. The molecule has 2 aliphatic rings. The van der Waals surface area contributed by atoms with E-state index in [1.165, 1.54) is 0 Å². The second kappa shape index (κ2) is 9.51. The summed E-state index contributed by atoms with van der Waals surface area (Å²) in [5.41, 5.74) is 4.05. The lowest BCUT2D eigenvalue weighted by atomic mass is 9.89. The van der Waals surface area contributed by atoms with Gasteiger partial charge in [0.2, 0.25) is 5.95 Å². The van der Waals surface area contributed by atoms with Crippen molar-refractivity contribution in [2.75, 3.05) is 19.5 Å². The molecule has 10 nitrogen and oxygen atoms in total. The first-order valence-corrected chi connectivity index (χ1v) is 12.6. The zero-order chi connectivity index (χ0) is 24.6. The molecule has 1 amide bonds. The summed E-state index contributed by atoms with van der Waals surface area (Å²) in [6.07, 6.45) is 13.6. The third-order valence-electron chi connectivity index (χ3n) is 7.61. The van der Waals surface area contributed by atoms with Crippen molar-refractivity contribution in [2.24, 2.45) is 0 Å². The van der Waals surface area contributed by atoms with Crippen LogP contribution in [0.25, 0.3) is 27.7 Å². The summed E-state index contributed by atoms with van der Waals surface area (Å²) in [7, 11) is 3.50. The van der Waals surface area contributed by atoms with Crippen molar-refractivity contribution < 1.29 is 14.3 Å². The minimum atomic E-state index is -0.0901. The summed E-state index contributed by atoms with van der Waals surface area (Å²) in [5, 5.41) is 11.9. The van der Waals surface area contributed by atoms with Crippen LogP contribution in [0.15, 0.2) is 36.9 Å². The van der Waals surface area contributed by atoms with Gasteiger partial charge in [-0.2, -0.15) is 10.1 Å². The van der Waals surface area contributed by atoms with Crippen molar-refractivity contribution in [3.05, 3.63) is 42.5 Å². The predicted octanol–water partition coefficient (Wildman–Crippen LogP) is 3.55. The highest BCUT2D eigenvalue weighted by Gasteiger charge is 2.29. The topological polar surface area (TPSA) is 118 Å². The van der Waals surface area contributed by atoms with Gasteiger partial charge in [-0.3, -0.25) is 4.79 Å². The van der Waals surface area contributed by atoms with Gasteiger partial charge in [-0.15, -0.1) is 0 Å². The molecule has 0 spiro atoms. The van der Waals surface area contributed by atoms with Gasteiger partial charge in [0, 0.05) is 55.8 Å². The van der Waals surface area contributed by atoms with Crippen molar-refractivity contribution in [1.82, 2.24) is 29.9 Å². The minimum absolute atomic E-state index is 0.0901. The van der Waals surface area contributed by atoms with E-state index in [4.69, 9.17) is 9.47 Å². The Morgan fingerprint density at radius 3 is 2.67 bits per heavy atom. The number of fused-ring (bicyclic) bond motifs is 2. The summed E-state index contributed by atoms with van der Waals surface area (Å²) >= 11 is 0. The highest BCUT2D eigenvalue weighted by molar-refractivity contribution is 6.02. The van der Waals surface area contributed by atoms with Crippen LogP contribution in [-0.2, 0) is 9.47 Å². The van der Waals surface area contributed by atoms with Gasteiger partial charge in [0.1, 0.15) is 5.65 Å². The van der Waals surface area contributed by atoms with Crippen LogP contribution >= 0.6 is 0 Å². The Balaban J connectivity index is 1.21. The van der Waals surface area contributed by atoms with Crippen molar-refractivity contribution in [1.29, 1.82) is 0 Å². The van der Waals surface area contributed by atoms with E-state index in [-0.39, 0.29) is 11.9 Å². The molecule has 0 atom stereocenters. The Bertz CT molecular complexity index is 1380. The number of aromatic nitrogens is 5. The average molecular weight is 490 g/mol. The predicted molar refractivity (Wildman–Crippen MR) is 136 cm³/mol. The van der Waals surface area contributed by atoms with Crippen LogP contribution in [-0.4, -0.2) is 69.0 Å². The highest BCUT2D eigenvalue weighted by Crippen LogP contribution is 2.31. The zero-order valence-electron chi connectivity index (χ0n) is 20.5. The molecule has 0 radical (unpaired) electrons. The van der Waals surface area contributed by atoms with Crippen molar-refractivity contribution in [3.63, 3.8) is 0 Å². The second-order valence-corrected chi connectivity index (χ2v) is 9.81. The van der Waals surface area contributed by atoms with Crippen LogP contribution in [0.4, 0.5) is 5.95 Å². The number of methoxy groups -OCH3 is 2.